The number of para-hydroxylation sites is 1. The highest BCUT2D eigenvalue weighted by molar-refractivity contribution is 5.78. The summed E-state index contributed by atoms with van der Waals surface area (Å²) in [5.41, 5.74) is 6.64. The highest BCUT2D eigenvalue weighted by Gasteiger charge is 2.17. The van der Waals surface area contributed by atoms with Crippen molar-refractivity contribution >= 4 is 0 Å². The first-order valence-electron chi connectivity index (χ1n) is 12.2. The van der Waals surface area contributed by atoms with Gasteiger partial charge in [0.05, 0.1) is 17.9 Å². The van der Waals surface area contributed by atoms with Crippen molar-refractivity contribution in [3.8, 4) is 28.3 Å². The molecule has 5 rings (SSSR count). The topological polar surface area (TPSA) is 94.3 Å². The van der Waals surface area contributed by atoms with Crippen LogP contribution in [0.25, 0.3) is 28.3 Å². The van der Waals surface area contributed by atoms with Crippen molar-refractivity contribution < 1.29 is 0 Å². The Bertz CT molecular complexity index is 1510. The number of aromatic amines is 1. The molecule has 0 spiro atoms. The van der Waals surface area contributed by atoms with Crippen LogP contribution in [-0.2, 0) is 13.0 Å². The maximum atomic E-state index is 13.6. The third-order valence-electron chi connectivity index (χ3n) is 6.34. The van der Waals surface area contributed by atoms with E-state index in [1.165, 1.54) is 0 Å². The molecule has 8 nitrogen and oxygen atoms in total. The van der Waals surface area contributed by atoms with Gasteiger partial charge in [-0.2, -0.15) is 5.21 Å². The van der Waals surface area contributed by atoms with E-state index in [9.17, 15) is 4.79 Å². The molecule has 0 atom stereocenters. The van der Waals surface area contributed by atoms with Crippen molar-refractivity contribution in [2.24, 2.45) is 0 Å². The van der Waals surface area contributed by atoms with E-state index in [0.717, 1.165) is 52.2 Å². The van der Waals surface area contributed by atoms with Crippen molar-refractivity contribution in [2.45, 2.75) is 46.1 Å². The number of imidazole rings is 1. The summed E-state index contributed by atoms with van der Waals surface area (Å²) >= 11 is 0. The fourth-order valence-electron chi connectivity index (χ4n) is 4.56. The number of aromatic nitrogens is 7. The summed E-state index contributed by atoms with van der Waals surface area (Å²) < 4.78 is 3.66. The molecule has 0 aliphatic rings. The Kier molecular flexibility index (Phi) is 6.58. The highest BCUT2D eigenvalue weighted by Crippen LogP contribution is 2.28. The zero-order chi connectivity index (χ0) is 25.1. The average molecular weight is 480 g/mol. The van der Waals surface area contributed by atoms with Crippen LogP contribution >= 0.6 is 0 Å². The predicted octanol–water partition coefficient (Wildman–Crippen LogP) is 5.01. The molecule has 0 amide bonds. The van der Waals surface area contributed by atoms with Crippen molar-refractivity contribution in [2.75, 3.05) is 0 Å². The van der Waals surface area contributed by atoms with Crippen LogP contribution in [0.5, 0.6) is 0 Å². The standard InChI is InChI=1S/C28H29N7O/c1-4-9-21-18-35(26-13-8-7-10-22(26)19(2)3)28(36)34(21)17-20-14-15-25(29-16-20)23-11-5-6-12-24(23)27-30-32-33-31-27/h5-8,10-16,18-19H,4,9,17H2,1-3H3,(H,30,31,32,33). The van der Waals surface area contributed by atoms with Gasteiger partial charge >= 0.3 is 5.69 Å². The van der Waals surface area contributed by atoms with Crippen molar-refractivity contribution in [1.82, 2.24) is 34.7 Å². The fraction of sp³-hybridized carbons (Fsp3) is 0.250. The van der Waals surface area contributed by atoms with E-state index < -0.39 is 0 Å². The SMILES string of the molecule is CCCc1cn(-c2ccccc2C(C)C)c(=O)n1Cc1ccc(-c2ccccc2-c2nn[nH]n2)nc1. The van der Waals surface area contributed by atoms with E-state index in [4.69, 9.17) is 4.98 Å². The number of benzene rings is 2. The van der Waals surface area contributed by atoms with Crippen LogP contribution in [0.1, 0.15) is 49.9 Å². The van der Waals surface area contributed by atoms with Gasteiger partial charge in [0.25, 0.3) is 0 Å². The number of nitrogens with one attached hydrogen (secondary N) is 1. The van der Waals surface area contributed by atoms with E-state index in [2.05, 4.69) is 47.5 Å². The number of pyridine rings is 1. The molecule has 5 aromatic rings. The first-order valence-corrected chi connectivity index (χ1v) is 12.2. The normalized spacial score (nSPS) is 11.3. The zero-order valence-corrected chi connectivity index (χ0v) is 20.7. The van der Waals surface area contributed by atoms with Crippen molar-refractivity contribution in [1.29, 1.82) is 0 Å². The zero-order valence-electron chi connectivity index (χ0n) is 20.7. The third-order valence-corrected chi connectivity index (χ3v) is 6.34. The van der Waals surface area contributed by atoms with Crippen molar-refractivity contribution in [3.63, 3.8) is 0 Å². The summed E-state index contributed by atoms with van der Waals surface area (Å²) in [5.74, 6) is 0.841. The van der Waals surface area contributed by atoms with E-state index >= 15 is 0 Å². The molecule has 182 valence electrons. The molecule has 0 bridgehead atoms. The number of rotatable bonds is 8. The minimum Gasteiger partial charge on any atom is -0.292 e. The molecule has 0 aliphatic heterocycles. The maximum Gasteiger partial charge on any atom is 0.333 e. The van der Waals surface area contributed by atoms with Crippen LogP contribution in [0.15, 0.2) is 77.9 Å². The first kappa shape index (κ1) is 23.4. The number of nitrogens with zero attached hydrogens (tertiary/aromatic N) is 6. The van der Waals surface area contributed by atoms with Gasteiger partial charge in [-0.25, -0.2) is 4.79 Å². The van der Waals surface area contributed by atoms with E-state index in [0.29, 0.717) is 18.3 Å². The van der Waals surface area contributed by atoms with Gasteiger partial charge in [-0.15, -0.1) is 10.2 Å². The Morgan fingerprint density at radius 3 is 2.44 bits per heavy atom. The Labute approximate surface area is 209 Å². The number of hydrogen-bond donors (Lipinski definition) is 1. The van der Waals surface area contributed by atoms with Crippen molar-refractivity contribution in [3.05, 3.63) is 100 Å². The number of H-pyrrole nitrogens is 1. The van der Waals surface area contributed by atoms with Crippen LogP contribution in [0.3, 0.4) is 0 Å². The summed E-state index contributed by atoms with van der Waals surface area (Å²) in [6.45, 7) is 6.90. The second-order valence-corrected chi connectivity index (χ2v) is 9.16. The quantitative estimate of drug-likeness (QED) is 0.338. The summed E-state index contributed by atoms with van der Waals surface area (Å²) in [5, 5.41) is 14.4. The number of tetrazole rings is 1. The molecule has 1 N–H and O–H groups in total. The van der Waals surface area contributed by atoms with Gasteiger partial charge in [-0.3, -0.25) is 14.1 Å². The second-order valence-electron chi connectivity index (χ2n) is 9.16. The van der Waals surface area contributed by atoms with Crippen LogP contribution in [0, 0.1) is 0 Å². The molecule has 0 aliphatic carbocycles. The first-order chi connectivity index (χ1) is 17.6. The van der Waals surface area contributed by atoms with Gasteiger partial charge in [0, 0.05) is 29.2 Å². The van der Waals surface area contributed by atoms with Crippen LogP contribution in [0.2, 0.25) is 0 Å². The Hall–Kier alpha value is -4.33. The second kappa shape index (κ2) is 10.1. The maximum absolute atomic E-state index is 13.6. The van der Waals surface area contributed by atoms with Gasteiger partial charge < -0.3 is 0 Å². The van der Waals surface area contributed by atoms with Gasteiger partial charge in [0.1, 0.15) is 0 Å². The largest absolute Gasteiger partial charge is 0.333 e. The van der Waals surface area contributed by atoms with E-state index in [1.54, 1.807) is 4.57 Å². The van der Waals surface area contributed by atoms with Crippen LogP contribution < -0.4 is 5.69 Å². The lowest BCUT2D eigenvalue weighted by Gasteiger charge is -2.12. The predicted molar refractivity (Wildman–Crippen MR) is 140 cm³/mol. The molecule has 0 saturated heterocycles. The fourth-order valence-corrected chi connectivity index (χ4v) is 4.56. The summed E-state index contributed by atoms with van der Waals surface area (Å²) in [6.07, 6.45) is 5.62. The van der Waals surface area contributed by atoms with E-state index in [-0.39, 0.29) is 5.69 Å². The molecule has 8 heteroatoms. The Balaban J connectivity index is 1.49. The van der Waals surface area contributed by atoms with Gasteiger partial charge in [-0.05, 0) is 40.8 Å². The molecule has 0 fully saturated rings. The third kappa shape index (κ3) is 4.49. The lowest BCUT2D eigenvalue weighted by molar-refractivity contribution is 0.688. The number of aryl methyl sites for hydroxylation is 1. The van der Waals surface area contributed by atoms with Crippen LogP contribution in [-0.4, -0.2) is 34.7 Å². The molecule has 3 aromatic heterocycles. The Morgan fingerprint density at radius 1 is 0.972 bits per heavy atom. The highest BCUT2D eigenvalue weighted by atomic mass is 16.1. The Morgan fingerprint density at radius 2 is 1.75 bits per heavy atom. The molecule has 0 unspecified atom stereocenters. The lowest BCUT2D eigenvalue weighted by atomic mass is 10.0. The summed E-state index contributed by atoms with van der Waals surface area (Å²) in [6, 6.07) is 20.0. The smallest absolute Gasteiger partial charge is 0.292 e. The number of hydrogen-bond acceptors (Lipinski definition) is 5. The molecule has 36 heavy (non-hydrogen) atoms. The van der Waals surface area contributed by atoms with Gasteiger partial charge in [-0.1, -0.05) is 75.7 Å². The average Bonchev–Trinajstić information content (AvgIpc) is 3.54. The van der Waals surface area contributed by atoms with E-state index in [1.807, 2.05) is 71.6 Å². The molecular weight excluding hydrogens is 450 g/mol. The molecule has 3 heterocycles. The van der Waals surface area contributed by atoms with Gasteiger partial charge in [0.2, 0.25) is 5.82 Å². The van der Waals surface area contributed by atoms with Crippen LogP contribution in [0.4, 0.5) is 0 Å². The van der Waals surface area contributed by atoms with Gasteiger partial charge in [0.15, 0.2) is 0 Å². The summed E-state index contributed by atoms with van der Waals surface area (Å²) in [4.78, 5) is 18.3. The molecule has 0 radical (unpaired) electrons. The minimum atomic E-state index is -0.0296. The summed E-state index contributed by atoms with van der Waals surface area (Å²) in [7, 11) is 0. The monoisotopic (exact) mass is 479 g/mol. The molecule has 2 aromatic carbocycles. The minimum absolute atomic E-state index is 0.0296. The molecular formula is C28H29N7O. The molecule has 0 saturated carbocycles. The lowest BCUT2D eigenvalue weighted by Crippen LogP contribution is -2.25.